The second kappa shape index (κ2) is 5.33. The Hall–Kier alpha value is -0.340. The molecule has 0 amide bonds. The predicted molar refractivity (Wildman–Crippen MR) is 67.4 cm³/mol. The number of hydrogen-bond donors (Lipinski definition) is 2. The summed E-state index contributed by atoms with van der Waals surface area (Å²) in [6.45, 7) is 4.13. The molecule has 0 radical (unpaired) electrons. The molecule has 1 aliphatic heterocycles. The van der Waals surface area contributed by atoms with Gasteiger partial charge in [0, 0.05) is 12.5 Å². The van der Waals surface area contributed by atoms with Crippen molar-refractivity contribution < 1.29 is 5.11 Å². The lowest BCUT2D eigenvalue weighted by atomic mass is 9.73. The molecule has 1 heterocycles. The zero-order valence-electron chi connectivity index (χ0n) is 10.5. The van der Waals surface area contributed by atoms with Gasteiger partial charge in [-0.15, -0.1) is 0 Å². The van der Waals surface area contributed by atoms with Gasteiger partial charge in [-0.05, 0) is 50.6 Å². The van der Waals surface area contributed by atoms with Crippen LogP contribution in [0.2, 0.25) is 0 Å². The Kier molecular flexibility index (Phi) is 4.04. The van der Waals surface area contributed by atoms with E-state index in [-0.39, 0.29) is 0 Å². The average Bonchev–Trinajstić information content (AvgIpc) is 2.58. The van der Waals surface area contributed by atoms with Gasteiger partial charge in [-0.2, -0.15) is 0 Å². The molecule has 2 heteroatoms. The van der Waals surface area contributed by atoms with Gasteiger partial charge in [0.15, 0.2) is 0 Å². The Balaban J connectivity index is 2.16. The van der Waals surface area contributed by atoms with E-state index in [1.165, 1.54) is 31.3 Å². The summed E-state index contributed by atoms with van der Waals surface area (Å²) >= 11 is 0. The lowest BCUT2D eigenvalue weighted by Gasteiger charge is -2.42. The first-order valence-corrected chi connectivity index (χ1v) is 6.90. The smallest absolute Gasteiger partial charge is 0.0908 e. The molecule has 1 fully saturated rings. The Labute approximate surface area is 99.1 Å². The zero-order valence-corrected chi connectivity index (χ0v) is 10.5. The van der Waals surface area contributed by atoms with Crippen LogP contribution in [0, 0.1) is 5.92 Å². The van der Waals surface area contributed by atoms with Crippen molar-refractivity contribution in [1.29, 1.82) is 0 Å². The van der Waals surface area contributed by atoms with Gasteiger partial charge in [-0.1, -0.05) is 19.4 Å². The average molecular weight is 223 g/mol. The summed E-state index contributed by atoms with van der Waals surface area (Å²) in [6, 6.07) is 0. The van der Waals surface area contributed by atoms with Crippen molar-refractivity contribution in [2.45, 2.75) is 57.5 Å². The Morgan fingerprint density at radius 1 is 1.44 bits per heavy atom. The van der Waals surface area contributed by atoms with E-state index in [4.69, 9.17) is 0 Å². The van der Waals surface area contributed by atoms with E-state index >= 15 is 0 Å². The molecule has 0 saturated carbocycles. The van der Waals surface area contributed by atoms with Crippen LogP contribution in [-0.2, 0) is 0 Å². The van der Waals surface area contributed by atoms with Crippen LogP contribution < -0.4 is 5.32 Å². The van der Waals surface area contributed by atoms with Crippen molar-refractivity contribution in [3.8, 4) is 0 Å². The summed E-state index contributed by atoms with van der Waals surface area (Å²) in [5, 5.41) is 14.4. The van der Waals surface area contributed by atoms with Crippen LogP contribution in [0.4, 0.5) is 0 Å². The highest BCUT2D eigenvalue weighted by Crippen LogP contribution is 2.37. The molecule has 0 aromatic carbocycles. The third-order valence-electron chi connectivity index (χ3n) is 4.34. The van der Waals surface area contributed by atoms with Gasteiger partial charge in [-0.25, -0.2) is 0 Å². The summed E-state index contributed by atoms with van der Waals surface area (Å²) in [7, 11) is 0. The van der Waals surface area contributed by atoms with Crippen LogP contribution in [0.5, 0.6) is 0 Å². The van der Waals surface area contributed by atoms with Gasteiger partial charge < -0.3 is 10.4 Å². The zero-order chi connectivity index (χ0) is 11.4. The Morgan fingerprint density at radius 3 is 3.12 bits per heavy atom. The van der Waals surface area contributed by atoms with E-state index in [9.17, 15) is 5.11 Å². The monoisotopic (exact) mass is 223 g/mol. The van der Waals surface area contributed by atoms with Crippen molar-refractivity contribution >= 4 is 0 Å². The number of nitrogens with one attached hydrogen (secondary N) is 1. The van der Waals surface area contributed by atoms with Gasteiger partial charge in [0.2, 0.25) is 0 Å². The SMILES string of the molecule is CCC1CNCCC1(O)C1=CCCCCC1. The standard InChI is InChI=1S/C14H25NO/c1-2-12-11-15-10-9-14(12,16)13-7-5-3-4-6-8-13/h7,12,15-16H,2-6,8-11H2,1H3. The number of allylic oxidation sites excluding steroid dienone is 1. The third-order valence-corrected chi connectivity index (χ3v) is 4.34. The van der Waals surface area contributed by atoms with Crippen LogP contribution in [0.3, 0.4) is 0 Å². The van der Waals surface area contributed by atoms with E-state index in [0.29, 0.717) is 5.92 Å². The van der Waals surface area contributed by atoms with E-state index in [1.54, 1.807) is 0 Å². The molecule has 2 atom stereocenters. The fraction of sp³-hybridized carbons (Fsp3) is 0.857. The highest BCUT2D eigenvalue weighted by Gasteiger charge is 2.40. The summed E-state index contributed by atoms with van der Waals surface area (Å²) < 4.78 is 0. The minimum Gasteiger partial charge on any atom is -0.385 e. The van der Waals surface area contributed by atoms with Gasteiger partial charge in [0.1, 0.15) is 0 Å². The summed E-state index contributed by atoms with van der Waals surface area (Å²) in [4.78, 5) is 0. The first-order valence-electron chi connectivity index (χ1n) is 6.90. The molecule has 16 heavy (non-hydrogen) atoms. The lowest BCUT2D eigenvalue weighted by Crippen LogP contribution is -2.51. The number of piperidine rings is 1. The van der Waals surface area contributed by atoms with Crippen LogP contribution in [0.15, 0.2) is 11.6 Å². The first kappa shape index (κ1) is 12.1. The molecule has 1 aliphatic carbocycles. The lowest BCUT2D eigenvalue weighted by molar-refractivity contribution is -0.0116. The maximum absolute atomic E-state index is 11.0. The molecule has 1 saturated heterocycles. The molecule has 0 aromatic rings. The van der Waals surface area contributed by atoms with Crippen LogP contribution in [0.1, 0.15) is 51.9 Å². The normalized spacial score (nSPS) is 36.6. The second-order valence-corrected chi connectivity index (χ2v) is 5.31. The summed E-state index contributed by atoms with van der Waals surface area (Å²) in [6.07, 6.45) is 10.5. The fourth-order valence-electron chi connectivity index (χ4n) is 3.24. The second-order valence-electron chi connectivity index (χ2n) is 5.31. The Morgan fingerprint density at radius 2 is 2.31 bits per heavy atom. The summed E-state index contributed by atoms with van der Waals surface area (Å²) in [5.41, 5.74) is 0.850. The molecule has 2 nitrogen and oxygen atoms in total. The molecule has 2 rings (SSSR count). The highest BCUT2D eigenvalue weighted by atomic mass is 16.3. The van der Waals surface area contributed by atoms with Gasteiger partial charge >= 0.3 is 0 Å². The topological polar surface area (TPSA) is 32.3 Å². The van der Waals surface area contributed by atoms with E-state index < -0.39 is 5.60 Å². The van der Waals surface area contributed by atoms with Crippen molar-refractivity contribution in [3.05, 3.63) is 11.6 Å². The number of aliphatic hydroxyl groups is 1. The largest absolute Gasteiger partial charge is 0.385 e. The van der Waals surface area contributed by atoms with Crippen LogP contribution in [-0.4, -0.2) is 23.8 Å². The van der Waals surface area contributed by atoms with E-state index in [1.807, 2.05) is 0 Å². The third kappa shape index (κ3) is 2.33. The van der Waals surface area contributed by atoms with Gasteiger partial charge in [0.25, 0.3) is 0 Å². The maximum Gasteiger partial charge on any atom is 0.0908 e. The van der Waals surface area contributed by atoms with E-state index in [0.717, 1.165) is 32.4 Å². The summed E-state index contributed by atoms with van der Waals surface area (Å²) in [5.74, 6) is 0.408. The fourth-order valence-corrected chi connectivity index (χ4v) is 3.24. The molecule has 0 aromatic heterocycles. The molecule has 0 spiro atoms. The van der Waals surface area contributed by atoms with Crippen molar-refractivity contribution in [1.82, 2.24) is 5.32 Å². The van der Waals surface area contributed by atoms with Crippen molar-refractivity contribution in [2.24, 2.45) is 5.92 Å². The minimum atomic E-state index is -0.496. The van der Waals surface area contributed by atoms with E-state index in [2.05, 4.69) is 18.3 Å². The van der Waals surface area contributed by atoms with Gasteiger partial charge in [0.05, 0.1) is 5.60 Å². The van der Waals surface area contributed by atoms with Crippen molar-refractivity contribution in [2.75, 3.05) is 13.1 Å². The molecule has 0 bridgehead atoms. The van der Waals surface area contributed by atoms with Gasteiger partial charge in [-0.3, -0.25) is 0 Å². The molecular formula is C14H25NO. The van der Waals surface area contributed by atoms with Crippen molar-refractivity contribution in [3.63, 3.8) is 0 Å². The molecule has 2 unspecified atom stereocenters. The molecular weight excluding hydrogens is 198 g/mol. The number of hydrogen-bond acceptors (Lipinski definition) is 2. The minimum absolute atomic E-state index is 0.408. The Bertz CT molecular complexity index is 261. The highest BCUT2D eigenvalue weighted by molar-refractivity contribution is 5.21. The quantitative estimate of drug-likeness (QED) is 0.705. The number of rotatable bonds is 2. The van der Waals surface area contributed by atoms with Crippen LogP contribution in [0.25, 0.3) is 0 Å². The molecule has 92 valence electrons. The first-order chi connectivity index (χ1) is 7.77. The molecule has 2 N–H and O–H groups in total. The van der Waals surface area contributed by atoms with Crippen LogP contribution >= 0.6 is 0 Å². The maximum atomic E-state index is 11.0. The predicted octanol–water partition coefficient (Wildman–Crippen LogP) is 2.63. The molecule has 2 aliphatic rings.